The average molecular weight is 200 g/mol. The van der Waals surface area contributed by atoms with Crippen LogP contribution in [0.5, 0.6) is 0 Å². The Kier molecular flexibility index (Phi) is 3.43. The van der Waals surface area contributed by atoms with E-state index < -0.39 is 18.2 Å². The summed E-state index contributed by atoms with van der Waals surface area (Å²) < 4.78 is 0. The van der Waals surface area contributed by atoms with Crippen LogP contribution < -0.4 is 16.4 Å². The Morgan fingerprint density at radius 2 is 2.21 bits per heavy atom. The molecule has 2 unspecified atom stereocenters. The first-order chi connectivity index (χ1) is 6.57. The summed E-state index contributed by atoms with van der Waals surface area (Å²) in [5.74, 6) is -0.353. The molecule has 6 heteroatoms. The maximum atomic E-state index is 11.4. The van der Waals surface area contributed by atoms with Crippen LogP contribution in [0.25, 0.3) is 0 Å². The summed E-state index contributed by atoms with van der Waals surface area (Å²) >= 11 is 0. The Balaban J connectivity index is 2.64. The van der Waals surface area contributed by atoms with Gasteiger partial charge < -0.3 is 16.0 Å². The molecular weight excluding hydrogens is 184 g/mol. The SMILES string of the molecule is CCCNC1C(=O)NC(=O)N(C)C1N. The largest absolute Gasteiger partial charge is 0.325 e. The molecule has 14 heavy (non-hydrogen) atoms. The van der Waals surface area contributed by atoms with Crippen molar-refractivity contribution in [2.45, 2.75) is 25.6 Å². The standard InChI is InChI=1S/C8H16N4O2/c1-3-4-10-5-6(9)12(2)8(14)11-7(5)13/h5-6,10H,3-4,9H2,1-2H3,(H,11,13,14). The third kappa shape index (κ3) is 2.02. The monoisotopic (exact) mass is 200 g/mol. The number of likely N-dealkylation sites (N-methyl/N-ethyl adjacent to an activating group) is 1. The predicted molar refractivity (Wildman–Crippen MR) is 51.4 cm³/mol. The van der Waals surface area contributed by atoms with Crippen LogP contribution in [0.3, 0.4) is 0 Å². The van der Waals surface area contributed by atoms with Gasteiger partial charge in [-0.05, 0) is 13.0 Å². The average Bonchev–Trinajstić information content (AvgIpc) is 2.14. The third-order valence-corrected chi connectivity index (χ3v) is 2.24. The summed E-state index contributed by atoms with van der Waals surface area (Å²) in [6, 6.07) is -0.963. The molecule has 0 aromatic heterocycles. The summed E-state index contributed by atoms with van der Waals surface area (Å²) in [5.41, 5.74) is 5.73. The number of nitrogens with one attached hydrogen (secondary N) is 2. The van der Waals surface area contributed by atoms with Gasteiger partial charge in [0.05, 0.1) is 0 Å². The summed E-state index contributed by atoms with van der Waals surface area (Å²) in [6.07, 6.45) is 0.316. The fourth-order valence-corrected chi connectivity index (χ4v) is 1.30. The minimum atomic E-state index is -0.595. The zero-order chi connectivity index (χ0) is 10.7. The summed E-state index contributed by atoms with van der Waals surface area (Å²) in [4.78, 5) is 23.8. The normalized spacial score (nSPS) is 27.8. The molecule has 80 valence electrons. The number of carbonyl (C=O) groups is 2. The van der Waals surface area contributed by atoms with Crippen molar-refractivity contribution in [1.29, 1.82) is 0 Å². The van der Waals surface area contributed by atoms with E-state index in [0.717, 1.165) is 6.42 Å². The van der Waals surface area contributed by atoms with Crippen LogP contribution in [0, 0.1) is 0 Å². The third-order valence-electron chi connectivity index (χ3n) is 2.24. The molecule has 1 rings (SSSR count). The molecular formula is C8H16N4O2. The lowest BCUT2D eigenvalue weighted by Crippen LogP contribution is -2.68. The van der Waals surface area contributed by atoms with Crippen molar-refractivity contribution in [2.24, 2.45) is 5.73 Å². The van der Waals surface area contributed by atoms with Crippen molar-refractivity contribution in [1.82, 2.24) is 15.5 Å². The molecule has 1 saturated heterocycles. The van der Waals surface area contributed by atoms with Crippen LogP contribution in [0.15, 0.2) is 0 Å². The lowest BCUT2D eigenvalue weighted by atomic mass is 10.1. The molecule has 4 N–H and O–H groups in total. The van der Waals surface area contributed by atoms with Gasteiger partial charge in [0.25, 0.3) is 0 Å². The first kappa shape index (κ1) is 10.9. The lowest BCUT2D eigenvalue weighted by Gasteiger charge is -2.35. The molecule has 0 aromatic rings. The van der Waals surface area contributed by atoms with E-state index in [1.54, 1.807) is 7.05 Å². The van der Waals surface area contributed by atoms with E-state index >= 15 is 0 Å². The zero-order valence-corrected chi connectivity index (χ0v) is 8.41. The van der Waals surface area contributed by atoms with Crippen LogP contribution in [0.2, 0.25) is 0 Å². The van der Waals surface area contributed by atoms with Crippen LogP contribution >= 0.6 is 0 Å². The van der Waals surface area contributed by atoms with Crippen LogP contribution in [-0.2, 0) is 4.79 Å². The number of urea groups is 1. The second kappa shape index (κ2) is 4.39. The van der Waals surface area contributed by atoms with Gasteiger partial charge in [-0.15, -0.1) is 0 Å². The highest BCUT2D eigenvalue weighted by Gasteiger charge is 2.36. The molecule has 1 aliphatic heterocycles. The Morgan fingerprint density at radius 1 is 1.57 bits per heavy atom. The van der Waals surface area contributed by atoms with E-state index in [0.29, 0.717) is 6.54 Å². The highest BCUT2D eigenvalue weighted by atomic mass is 16.2. The van der Waals surface area contributed by atoms with Gasteiger partial charge in [-0.2, -0.15) is 0 Å². The van der Waals surface area contributed by atoms with E-state index in [2.05, 4.69) is 10.6 Å². The number of hydrogen-bond donors (Lipinski definition) is 3. The Morgan fingerprint density at radius 3 is 2.79 bits per heavy atom. The number of hydrogen-bond acceptors (Lipinski definition) is 4. The highest BCUT2D eigenvalue weighted by molar-refractivity contribution is 6.00. The van der Waals surface area contributed by atoms with E-state index in [4.69, 9.17) is 5.73 Å². The van der Waals surface area contributed by atoms with E-state index in [1.807, 2.05) is 6.92 Å². The van der Waals surface area contributed by atoms with Crippen molar-refractivity contribution in [3.8, 4) is 0 Å². The first-order valence-electron chi connectivity index (χ1n) is 4.64. The van der Waals surface area contributed by atoms with Gasteiger partial charge in [-0.25, -0.2) is 4.79 Å². The zero-order valence-electron chi connectivity index (χ0n) is 8.41. The van der Waals surface area contributed by atoms with Crippen LogP contribution in [0.4, 0.5) is 4.79 Å². The molecule has 0 radical (unpaired) electrons. The van der Waals surface area contributed by atoms with Gasteiger partial charge in [-0.1, -0.05) is 6.92 Å². The van der Waals surface area contributed by atoms with E-state index in [9.17, 15) is 9.59 Å². The molecule has 1 aliphatic rings. The fourth-order valence-electron chi connectivity index (χ4n) is 1.30. The maximum absolute atomic E-state index is 11.4. The Bertz CT molecular complexity index is 243. The quantitative estimate of drug-likeness (QED) is 0.535. The lowest BCUT2D eigenvalue weighted by molar-refractivity contribution is -0.125. The van der Waals surface area contributed by atoms with Crippen molar-refractivity contribution in [3.05, 3.63) is 0 Å². The fraction of sp³-hybridized carbons (Fsp3) is 0.750. The molecule has 3 amide bonds. The van der Waals surface area contributed by atoms with Gasteiger partial charge in [0.1, 0.15) is 12.2 Å². The minimum Gasteiger partial charge on any atom is -0.310 e. The first-order valence-corrected chi connectivity index (χ1v) is 4.64. The summed E-state index contributed by atoms with van der Waals surface area (Å²) in [7, 11) is 1.56. The molecule has 2 atom stereocenters. The van der Waals surface area contributed by atoms with E-state index in [1.165, 1.54) is 4.90 Å². The van der Waals surface area contributed by atoms with E-state index in [-0.39, 0.29) is 5.91 Å². The highest BCUT2D eigenvalue weighted by Crippen LogP contribution is 2.04. The van der Waals surface area contributed by atoms with Crippen molar-refractivity contribution >= 4 is 11.9 Å². The molecule has 0 spiro atoms. The van der Waals surface area contributed by atoms with Gasteiger partial charge >= 0.3 is 6.03 Å². The molecule has 1 fully saturated rings. The van der Waals surface area contributed by atoms with Crippen molar-refractivity contribution in [2.75, 3.05) is 13.6 Å². The molecule has 0 bridgehead atoms. The molecule has 0 aromatic carbocycles. The minimum absolute atomic E-state index is 0.353. The Labute approximate surface area is 82.8 Å². The second-order valence-electron chi connectivity index (χ2n) is 3.33. The molecule has 0 saturated carbocycles. The number of imide groups is 1. The molecule has 0 aliphatic carbocycles. The Hall–Kier alpha value is -1.14. The smallest absolute Gasteiger partial charge is 0.310 e. The second-order valence-corrected chi connectivity index (χ2v) is 3.33. The number of rotatable bonds is 3. The topological polar surface area (TPSA) is 87.5 Å². The van der Waals surface area contributed by atoms with Crippen LogP contribution in [-0.4, -0.2) is 42.6 Å². The van der Waals surface area contributed by atoms with Gasteiger partial charge in [-0.3, -0.25) is 10.1 Å². The maximum Gasteiger partial charge on any atom is 0.325 e. The molecule has 1 heterocycles. The summed E-state index contributed by atoms with van der Waals surface area (Å²) in [6.45, 7) is 2.70. The van der Waals surface area contributed by atoms with Gasteiger partial charge in [0.2, 0.25) is 5.91 Å². The van der Waals surface area contributed by atoms with Crippen molar-refractivity contribution in [3.63, 3.8) is 0 Å². The summed E-state index contributed by atoms with van der Waals surface area (Å²) in [5, 5.41) is 5.21. The van der Waals surface area contributed by atoms with Crippen molar-refractivity contribution < 1.29 is 9.59 Å². The molecule has 6 nitrogen and oxygen atoms in total. The number of nitrogens with two attached hydrogens (primary N) is 1. The van der Waals surface area contributed by atoms with Gasteiger partial charge in [0, 0.05) is 7.05 Å². The van der Waals surface area contributed by atoms with Gasteiger partial charge in [0.15, 0.2) is 0 Å². The van der Waals surface area contributed by atoms with Crippen LogP contribution in [0.1, 0.15) is 13.3 Å². The predicted octanol–water partition coefficient (Wildman–Crippen LogP) is -1.18. The number of amides is 3. The number of nitrogens with zero attached hydrogens (tertiary/aromatic N) is 1. The number of carbonyl (C=O) groups excluding carboxylic acids is 2.